The molecule has 2 rings (SSSR count). The van der Waals surface area contributed by atoms with Crippen molar-refractivity contribution in [1.29, 1.82) is 0 Å². The summed E-state index contributed by atoms with van der Waals surface area (Å²) in [6.07, 6.45) is 9.88. The van der Waals surface area contributed by atoms with Gasteiger partial charge in [0.1, 0.15) is 5.82 Å². The van der Waals surface area contributed by atoms with E-state index in [2.05, 4.69) is 48.7 Å². The van der Waals surface area contributed by atoms with Crippen LogP contribution >= 0.6 is 0 Å². The highest BCUT2D eigenvalue weighted by Crippen LogP contribution is 2.24. The van der Waals surface area contributed by atoms with Crippen LogP contribution in [0.2, 0.25) is 0 Å². The third-order valence-corrected chi connectivity index (χ3v) is 2.76. The van der Waals surface area contributed by atoms with Crippen molar-refractivity contribution in [2.75, 3.05) is 0 Å². The molecule has 0 radical (unpaired) electrons. The van der Waals surface area contributed by atoms with Gasteiger partial charge in [-0.1, -0.05) is 12.7 Å². The van der Waals surface area contributed by atoms with Gasteiger partial charge in [-0.15, -0.1) is 0 Å². The number of H-pyrrole nitrogens is 1. The molecule has 3 nitrogen and oxygen atoms in total. The minimum atomic E-state index is 0.905. The summed E-state index contributed by atoms with van der Waals surface area (Å²) < 4.78 is 0. The van der Waals surface area contributed by atoms with Gasteiger partial charge < -0.3 is 9.88 Å². The van der Waals surface area contributed by atoms with Crippen molar-refractivity contribution in [1.82, 2.24) is 14.9 Å². The first kappa shape index (κ1) is 11.5. The molecule has 1 aliphatic heterocycles. The molecule has 3 heteroatoms. The van der Waals surface area contributed by atoms with Crippen molar-refractivity contribution in [3.63, 3.8) is 0 Å². The molecule has 0 aromatic carbocycles. The van der Waals surface area contributed by atoms with E-state index in [4.69, 9.17) is 0 Å². The molecule has 0 saturated heterocycles. The number of nitrogens with zero attached hydrogens (tertiary/aromatic N) is 2. The van der Waals surface area contributed by atoms with Crippen molar-refractivity contribution in [2.45, 2.75) is 20.8 Å². The first-order chi connectivity index (χ1) is 8.11. The predicted octanol–water partition coefficient (Wildman–Crippen LogP) is 3.37. The maximum absolute atomic E-state index is 4.35. The Morgan fingerprint density at radius 3 is 2.76 bits per heavy atom. The number of rotatable bonds is 2. The number of imidazole rings is 1. The largest absolute Gasteiger partial charge is 0.342 e. The Hall–Kier alpha value is -2.03. The van der Waals surface area contributed by atoms with E-state index in [1.165, 1.54) is 5.57 Å². The van der Waals surface area contributed by atoms with Crippen LogP contribution < -0.4 is 0 Å². The predicted molar refractivity (Wildman–Crippen MR) is 70.9 cm³/mol. The highest BCUT2D eigenvalue weighted by atomic mass is 15.1. The summed E-state index contributed by atoms with van der Waals surface area (Å²) in [5.41, 5.74) is 4.48. The Bertz CT molecular complexity index is 529. The Morgan fingerprint density at radius 1 is 1.41 bits per heavy atom. The summed E-state index contributed by atoms with van der Waals surface area (Å²) in [4.78, 5) is 9.61. The minimum absolute atomic E-state index is 0.905. The van der Waals surface area contributed by atoms with Gasteiger partial charge in [0.2, 0.25) is 0 Å². The van der Waals surface area contributed by atoms with Gasteiger partial charge >= 0.3 is 0 Å². The minimum Gasteiger partial charge on any atom is -0.342 e. The first-order valence-electron chi connectivity index (χ1n) is 5.62. The first-order valence-corrected chi connectivity index (χ1v) is 5.62. The number of aromatic nitrogens is 2. The van der Waals surface area contributed by atoms with Gasteiger partial charge in [-0.05, 0) is 32.4 Å². The second-order valence-corrected chi connectivity index (χ2v) is 4.22. The lowest BCUT2D eigenvalue weighted by atomic mass is 10.1. The van der Waals surface area contributed by atoms with Gasteiger partial charge in [-0.2, -0.15) is 0 Å². The highest BCUT2D eigenvalue weighted by Gasteiger charge is 2.12. The van der Waals surface area contributed by atoms with E-state index in [9.17, 15) is 0 Å². The summed E-state index contributed by atoms with van der Waals surface area (Å²) in [6, 6.07) is 0. The molecule has 0 saturated carbocycles. The molecule has 0 unspecified atom stereocenters. The SMILES string of the molecule is C=CN1C=C(C)C=C/C1=C(/C)c1ncc(C)[nH]1. The number of hydrogen-bond acceptors (Lipinski definition) is 2. The molecule has 0 bridgehead atoms. The lowest BCUT2D eigenvalue weighted by molar-refractivity contribution is 0.642. The normalized spacial score (nSPS) is 18.1. The van der Waals surface area contributed by atoms with E-state index in [-0.39, 0.29) is 0 Å². The molecule has 2 heterocycles. The highest BCUT2D eigenvalue weighted by molar-refractivity contribution is 5.65. The molecule has 0 aliphatic carbocycles. The molecule has 1 aromatic rings. The molecule has 1 aromatic heterocycles. The fourth-order valence-electron chi connectivity index (χ4n) is 1.82. The third-order valence-electron chi connectivity index (χ3n) is 2.76. The van der Waals surface area contributed by atoms with Crippen LogP contribution in [0.25, 0.3) is 5.57 Å². The Labute approximate surface area is 102 Å². The standard InChI is InChI=1S/C14H17N3/c1-5-17-9-10(2)6-7-13(17)12(4)14-15-8-11(3)16-14/h5-9H,1H2,2-4H3,(H,15,16)/b13-12+. The third kappa shape index (κ3) is 2.23. The molecule has 0 amide bonds. The van der Waals surface area contributed by atoms with Crippen LogP contribution in [0.1, 0.15) is 25.4 Å². The topological polar surface area (TPSA) is 31.9 Å². The molecule has 1 aliphatic rings. The zero-order valence-corrected chi connectivity index (χ0v) is 10.5. The smallest absolute Gasteiger partial charge is 0.135 e. The zero-order chi connectivity index (χ0) is 12.4. The van der Waals surface area contributed by atoms with E-state index in [1.54, 1.807) is 0 Å². The van der Waals surface area contributed by atoms with Gasteiger partial charge in [0.15, 0.2) is 0 Å². The van der Waals surface area contributed by atoms with Crippen LogP contribution in [0, 0.1) is 6.92 Å². The van der Waals surface area contributed by atoms with Crippen molar-refractivity contribution in [3.8, 4) is 0 Å². The second-order valence-electron chi connectivity index (χ2n) is 4.22. The molecular weight excluding hydrogens is 210 g/mol. The number of allylic oxidation sites excluding steroid dienone is 4. The summed E-state index contributed by atoms with van der Waals surface area (Å²) in [5.74, 6) is 0.905. The summed E-state index contributed by atoms with van der Waals surface area (Å²) in [5, 5.41) is 0. The van der Waals surface area contributed by atoms with Gasteiger partial charge in [0, 0.05) is 29.9 Å². The van der Waals surface area contributed by atoms with Gasteiger partial charge in [0.05, 0.1) is 5.70 Å². The molecule has 0 atom stereocenters. The summed E-state index contributed by atoms with van der Waals surface area (Å²) in [7, 11) is 0. The average molecular weight is 227 g/mol. The van der Waals surface area contributed by atoms with Crippen LogP contribution in [0.15, 0.2) is 48.6 Å². The van der Waals surface area contributed by atoms with Gasteiger partial charge in [-0.25, -0.2) is 4.98 Å². The van der Waals surface area contributed by atoms with Crippen molar-refractivity contribution >= 4 is 5.57 Å². The molecule has 1 N–H and O–H groups in total. The molecule has 17 heavy (non-hydrogen) atoms. The lowest BCUT2D eigenvalue weighted by Crippen LogP contribution is -2.12. The number of aryl methyl sites for hydroxylation is 1. The summed E-state index contributed by atoms with van der Waals surface area (Å²) >= 11 is 0. The van der Waals surface area contributed by atoms with Crippen LogP contribution in [0.5, 0.6) is 0 Å². The Kier molecular flexibility index (Phi) is 3.00. The van der Waals surface area contributed by atoms with E-state index < -0.39 is 0 Å². The Balaban J connectivity index is 2.44. The van der Waals surface area contributed by atoms with E-state index in [0.29, 0.717) is 0 Å². The van der Waals surface area contributed by atoms with Crippen molar-refractivity contribution in [3.05, 3.63) is 60.1 Å². The van der Waals surface area contributed by atoms with Crippen LogP contribution in [-0.2, 0) is 0 Å². The van der Waals surface area contributed by atoms with Crippen molar-refractivity contribution in [2.24, 2.45) is 0 Å². The van der Waals surface area contributed by atoms with Crippen LogP contribution in [0.4, 0.5) is 0 Å². The molecular formula is C14H17N3. The number of hydrogen-bond donors (Lipinski definition) is 1. The van der Waals surface area contributed by atoms with E-state index >= 15 is 0 Å². The lowest BCUT2D eigenvalue weighted by Gasteiger charge is -2.22. The monoisotopic (exact) mass is 227 g/mol. The number of aromatic amines is 1. The van der Waals surface area contributed by atoms with Crippen LogP contribution in [-0.4, -0.2) is 14.9 Å². The van der Waals surface area contributed by atoms with Gasteiger partial charge in [-0.3, -0.25) is 0 Å². The fourth-order valence-corrected chi connectivity index (χ4v) is 1.82. The van der Waals surface area contributed by atoms with Crippen LogP contribution in [0.3, 0.4) is 0 Å². The summed E-state index contributed by atoms with van der Waals surface area (Å²) in [6.45, 7) is 9.96. The van der Waals surface area contributed by atoms with Gasteiger partial charge in [0.25, 0.3) is 0 Å². The van der Waals surface area contributed by atoms with E-state index in [0.717, 1.165) is 22.8 Å². The maximum atomic E-state index is 4.35. The van der Waals surface area contributed by atoms with E-state index in [1.807, 2.05) is 24.2 Å². The Morgan fingerprint density at radius 2 is 2.18 bits per heavy atom. The molecule has 0 fully saturated rings. The number of nitrogens with one attached hydrogen (secondary N) is 1. The van der Waals surface area contributed by atoms with Crippen molar-refractivity contribution < 1.29 is 0 Å². The quantitative estimate of drug-likeness (QED) is 0.840. The average Bonchev–Trinajstić information content (AvgIpc) is 2.75. The molecule has 88 valence electrons. The molecule has 0 spiro atoms. The second kappa shape index (κ2) is 4.45. The maximum Gasteiger partial charge on any atom is 0.135 e. The fraction of sp³-hybridized carbons (Fsp3) is 0.214. The zero-order valence-electron chi connectivity index (χ0n) is 10.5.